The molecule has 0 amide bonds. The van der Waals surface area contributed by atoms with Crippen LogP contribution in [-0.4, -0.2) is 25.3 Å². The van der Waals surface area contributed by atoms with Crippen LogP contribution in [-0.2, 0) is 6.42 Å². The SMILES string of the molecule is CCCCCc1c(C)nc2nc(SCC)[nH]n2c1=O. The maximum absolute atomic E-state index is 12.4. The Bertz CT molecular complexity index is 617. The van der Waals surface area contributed by atoms with Crippen LogP contribution in [0.15, 0.2) is 9.95 Å². The summed E-state index contributed by atoms with van der Waals surface area (Å²) in [5.41, 5.74) is 1.61. The number of rotatable bonds is 6. The predicted octanol–water partition coefficient (Wildman–Crippen LogP) is 2.57. The lowest BCUT2D eigenvalue weighted by Crippen LogP contribution is -2.22. The highest BCUT2D eigenvalue weighted by Crippen LogP contribution is 2.13. The third kappa shape index (κ3) is 3.00. The van der Waals surface area contributed by atoms with Crippen molar-refractivity contribution >= 4 is 17.5 Å². The van der Waals surface area contributed by atoms with Crippen molar-refractivity contribution in [3.63, 3.8) is 0 Å². The fourth-order valence-electron chi connectivity index (χ4n) is 2.08. The van der Waals surface area contributed by atoms with Crippen molar-refractivity contribution in [1.82, 2.24) is 19.6 Å². The molecule has 0 radical (unpaired) electrons. The summed E-state index contributed by atoms with van der Waals surface area (Å²) in [6, 6.07) is 0. The van der Waals surface area contributed by atoms with Crippen LogP contribution in [0.1, 0.15) is 44.4 Å². The van der Waals surface area contributed by atoms with Gasteiger partial charge in [-0.3, -0.25) is 9.89 Å². The number of aromatic nitrogens is 4. The Balaban J connectivity index is 2.39. The topological polar surface area (TPSA) is 63.1 Å². The van der Waals surface area contributed by atoms with Crippen molar-refractivity contribution in [2.45, 2.75) is 51.6 Å². The summed E-state index contributed by atoms with van der Waals surface area (Å²) in [6.07, 6.45) is 4.12. The van der Waals surface area contributed by atoms with Gasteiger partial charge in [0.15, 0.2) is 5.16 Å². The molecule has 2 rings (SSSR count). The van der Waals surface area contributed by atoms with E-state index < -0.39 is 0 Å². The first-order valence-electron chi connectivity index (χ1n) is 6.78. The van der Waals surface area contributed by atoms with E-state index in [1.807, 2.05) is 6.92 Å². The molecule has 0 aromatic carbocycles. The van der Waals surface area contributed by atoms with Crippen LogP contribution < -0.4 is 5.56 Å². The van der Waals surface area contributed by atoms with Crippen LogP contribution in [0.25, 0.3) is 5.78 Å². The number of thioether (sulfide) groups is 1. The second-order valence-electron chi connectivity index (χ2n) is 4.54. The molecular weight excluding hydrogens is 260 g/mol. The summed E-state index contributed by atoms with van der Waals surface area (Å²) < 4.78 is 1.46. The summed E-state index contributed by atoms with van der Waals surface area (Å²) in [5.74, 6) is 1.38. The minimum absolute atomic E-state index is 0.00550. The van der Waals surface area contributed by atoms with Gasteiger partial charge in [-0.2, -0.15) is 9.50 Å². The van der Waals surface area contributed by atoms with E-state index >= 15 is 0 Å². The first-order valence-corrected chi connectivity index (χ1v) is 7.77. The Morgan fingerprint density at radius 1 is 1.26 bits per heavy atom. The van der Waals surface area contributed by atoms with Gasteiger partial charge in [-0.05, 0) is 25.5 Å². The largest absolute Gasteiger partial charge is 0.277 e. The number of aromatic amines is 1. The molecule has 0 fully saturated rings. The lowest BCUT2D eigenvalue weighted by molar-refractivity contribution is 0.700. The predicted molar refractivity (Wildman–Crippen MR) is 78.0 cm³/mol. The normalized spacial score (nSPS) is 11.3. The molecule has 6 heteroatoms. The Labute approximate surface area is 116 Å². The first kappa shape index (κ1) is 14.1. The first-order chi connectivity index (χ1) is 9.17. The summed E-state index contributed by atoms with van der Waals surface area (Å²) >= 11 is 1.58. The van der Waals surface area contributed by atoms with Crippen molar-refractivity contribution < 1.29 is 0 Å². The van der Waals surface area contributed by atoms with E-state index in [0.29, 0.717) is 5.78 Å². The molecule has 1 N–H and O–H groups in total. The molecule has 2 aromatic heterocycles. The van der Waals surface area contributed by atoms with Crippen LogP contribution in [0.2, 0.25) is 0 Å². The maximum atomic E-state index is 12.4. The van der Waals surface area contributed by atoms with E-state index in [9.17, 15) is 4.79 Å². The van der Waals surface area contributed by atoms with Gasteiger partial charge >= 0.3 is 0 Å². The highest BCUT2D eigenvalue weighted by Gasteiger charge is 2.12. The van der Waals surface area contributed by atoms with Gasteiger partial charge in [0.1, 0.15) is 0 Å². The van der Waals surface area contributed by atoms with Gasteiger partial charge in [0, 0.05) is 5.56 Å². The van der Waals surface area contributed by atoms with Gasteiger partial charge in [0.25, 0.3) is 11.3 Å². The number of nitrogens with zero attached hydrogens (tertiary/aromatic N) is 3. The monoisotopic (exact) mass is 280 g/mol. The van der Waals surface area contributed by atoms with E-state index in [-0.39, 0.29) is 5.56 Å². The zero-order chi connectivity index (χ0) is 13.8. The molecule has 0 spiro atoms. The van der Waals surface area contributed by atoms with Crippen LogP contribution >= 0.6 is 11.8 Å². The fraction of sp³-hybridized carbons (Fsp3) is 0.615. The quantitative estimate of drug-likeness (QED) is 0.652. The number of aryl methyl sites for hydroxylation is 1. The molecule has 0 atom stereocenters. The van der Waals surface area contributed by atoms with Crippen LogP contribution in [0, 0.1) is 6.92 Å². The van der Waals surface area contributed by atoms with Gasteiger partial charge in [-0.15, -0.1) is 0 Å². The molecule has 104 valence electrons. The Morgan fingerprint density at radius 3 is 2.74 bits per heavy atom. The summed E-state index contributed by atoms with van der Waals surface area (Å²) in [6.45, 7) is 6.10. The molecule has 0 saturated heterocycles. The lowest BCUT2D eigenvalue weighted by atomic mass is 10.1. The van der Waals surface area contributed by atoms with Crippen molar-refractivity contribution in [2.75, 3.05) is 5.75 Å². The Hall–Kier alpha value is -1.30. The van der Waals surface area contributed by atoms with Gasteiger partial charge in [-0.25, -0.2) is 4.98 Å². The molecular formula is C13H20N4OS. The summed E-state index contributed by atoms with van der Waals surface area (Å²) in [5, 5.41) is 3.76. The van der Waals surface area contributed by atoms with Crippen LogP contribution in [0.5, 0.6) is 0 Å². The molecule has 2 aromatic rings. The van der Waals surface area contributed by atoms with Gasteiger partial charge < -0.3 is 0 Å². The number of H-pyrrole nitrogens is 1. The fourth-order valence-corrected chi connectivity index (χ4v) is 2.65. The smallest absolute Gasteiger partial charge is 0.267 e. The average molecular weight is 280 g/mol. The molecule has 2 heterocycles. The zero-order valence-corrected chi connectivity index (χ0v) is 12.5. The molecule has 0 saturated carbocycles. The summed E-state index contributed by atoms with van der Waals surface area (Å²) in [7, 11) is 0. The molecule has 0 bridgehead atoms. The number of nitrogens with one attached hydrogen (secondary N) is 1. The highest BCUT2D eigenvalue weighted by atomic mass is 32.2. The summed E-state index contributed by atoms with van der Waals surface area (Å²) in [4.78, 5) is 21.1. The van der Waals surface area contributed by atoms with Crippen LogP contribution in [0.3, 0.4) is 0 Å². The lowest BCUT2D eigenvalue weighted by Gasteiger charge is -2.03. The molecule has 0 aliphatic rings. The van der Waals surface area contributed by atoms with Crippen molar-refractivity contribution in [3.05, 3.63) is 21.6 Å². The van der Waals surface area contributed by atoms with Crippen molar-refractivity contribution in [3.8, 4) is 0 Å². The van der Waals surface area contributed by atoms with E-state index in [4.69, 9.17) is 0 Å². The number of fused-ring (bicyclic) bond motifs is 1. The third-order valence-electron chi connectivity index (χ3n) is 3.09. The van der Waals surface area contributed by atoms with Crippen LogP contribution in [0.4, 0.5) is 0 Å². The molecule has 5 nitrogen and oxygen atoms in total. The van der Waals surface area contributed by atoms with Gasteiger partial charge in [0.2, 0.25) is 0 Å². The molecule has 0 aliphatic carbocycles. The van der Waals surface area contributed by atoms with E-state index in [1.54, 1.807) is 11.8 Å². The van der Waals surface area contributed by atoms with E-state index in [2.05, 4.69) is 28.9 Å². The molecule has 0 aliphatic heterocycles. The number of unbranched alkanes of at least 4 members (excludes halogenated alkanes) is 2. The third-order valence-corrected chi connectivity index (χ3v) is 3.83. The second-order valence-corrected chi connectivity index (χ2v) is 5.79. The molecule has 19 heavy (non-hydrogen) atoms. The van der Waals surface area contributed by atoms with Gasteiger partial charge in [0.05, 0.1) is 5.69 Å². The van der Waals surface area contributed by atoms with Crippen molar-refractivity contribution in [1.29, 1.82) is 0 Å². The number of hydrogen-bond acceptors (Lipinski definition) is 4. The minimum atomic E-state index is -0.00550. The standard InChI is InChI=1S/C13H20N4OS/c1-4-6-7-8-10-9(3)14-12-15-13(19-5-2)16-17(12)11(10)18/h4-8H2,1-3H3,(H,14,15,16). The average Bonchev–Trinajstić information content (AvgIpc) is 2.77. The van der Waals surface area contributed by atoms with Crippen molar-refractivity contribution in [2.24, 2.45) is 0 Å². The Morgan fingerprint density at radius 2 is 2.05 bits per heavy atom. The Kier molecular flexibility index (Phi) is 4.63. The molecule has 0 unspecified atom stereocenters. The number of hydrogen-bond donors (Lipinski definition) is 1. The van der Waals surface area contributed by atoms with E-state index in [1.165, 1.54) is 4.52 Å². The zero-order valence-electron chi connectivity index (χ0n) is 11.7. The second kappa shape index (κ2) is 6.23. The minimum Gasteiger partial charge on any atom is -0.267 e. The highest BCUT2D eigenvalue weighted by molar-refractivity contribution is 7.99. The maximum Gasteiger partial charge on any atom is 0.277 e. The van der Waals surface area contributed by atoms with Gasteiger partial charge in [-0.1, -0.05) is 38.5 Å². The van der Waals surface area contributed by atoms with E-state index in [0.717, 1.165) is 47.8 Å².